The molecule has 7 nitrogen and oxygen atoms in total. The van der Waals surface area contributed by atoms with Gasteiger partial charge in [-0.3, -0.25) is 14.5 Å². The highest BCUT2D eigenvalue weighted by atomic mass is 32.2. The van der Waals surface area contributed by atoms with Crippen LogP contribution in [0.3, 0.4) is 0 Å². The van der Waals surface area contributed by atoms with E-state index in [1.54, 1.807) is 0 Å². The number of benzene rings is 1. The van der Waals surface area contributed by atoms with Crippen molar-refractivity contribution in [1.29, 1.82) is 0 Å². The van der Waals surface area contributed by atoms with Crippen molar-refractivity contribution in [3.05, 3.63) is 22.8 Å². The van der Waals surface area contributed by atoms with E-state index in [-0.39, 0.29) is 5.60 Å². The quantitative estimate of drug-likeness (QED) is 0.247. The second kappa shape index (κ2) is 8.18. The van der Waals surface area contributed by atoms with E-state index in [0.29, 0.717) is 25.3 Å². The molecule has 1 unspecified atom stereocenters. The van der Waals surface area contributed by atoms with Crippen LogP contribution in [0.25, 0.3) is 0 Å². The number of aliphatic carboxylic acids is 1. The highest BCUT2D eigenvalue weighted by Crippen LogP contribution is 2.41. The molecule has 6 N–H and O–H groups in total. The molecule has 0 radical (unpaired) electrons. The number of nitrogens with one attached hydrogen (secondary N) is 1. The molecular formula is C18H28N4O3S. The van der Waals surface area contributed by atoms with Crippen LogP contribution in [0.4, 0.5) is 0 Å². The maximum absolute atomic E-state index is 10.7. The Morgan fingerprint density at radius 1 is 1.50 bits per heavy atom. The van der Waals surface area contributed by atoms with E-state index in [0.717, 1.165) is 22.6 Å². The van der Waals surface area contributed by atoms with Gasteiger partial charge in [-0.2, -0.15) is 0 Å². The van der Waals surface area contributed by atoms with E-state index in [9.17, 15) is 4.79 Å². The van der Waals surface area contributed by atoms with Crippen LogP contribution < -0.4 is 20.9 Å². The van der Waals surface area contributed by atoms with Crippen LogP contribution in [-0.2, 0) is 11.2 Å². The van der Waals surface area contributed by atoms with Crippen molar-refractivity contribution in [2.45, 2.75) is 63.5 Å². The lowest BCUT2D eigenvalue weighted by Gasteiger charge is -2.16. The van der Waals surface area contributed by atoms with E-state index in [4.69, 9.17) is 21.3 Å². The van der Waals surface area contributed by atoms with Crippen molar-refractivity contribution in [1.82, 2.24) is 4.72 Å². The zero-order valence-electron chi connectivity index (χ0n) is 15.8. The maximum Gasteiger partial charge on any atom is 0.320 e. The number of nitrogens with zero attached hydrogens (tertiary/aromatic N) is 1. The summed E-state index contributed by atoms with van der Waals surface area (Å²) >= 11 is 1.44. The molecule has 1 aliphatic rings. The van der Waals surface area contributed by atoms with Gasteiger partial charge in [-0.05, 0) is 69.7 Å². The lowest BCUT2D eigenvalue weighted by molar-refractivity contribution is -0.138. The van der Waals surface area contributed by atoms with Crippen molar-refractivity contribution in [2.75, 3.05) is 6.54 Å². The van der Waals surface area contributed by atoms with Gasteiger partial charge >= 0.3 is 5.97 Å². The summed E-state index contributed by atoms with van der Waals surface area (Å²) in [6.45, 7) is 8.76. The average Bonchev–Trinajstić information content (AvgIpc) is 2.85. The molecule has 0 saturated carbocycles. The summed E-state index contributed by atoms with van der Waals surface area (Å²) in [5, 5.41) is 8.74. The zero-order valence-corrected chi connectivity index (χ0v) is 16.6. The van der Waals surface area contributed by atoms with Crippen molar-refractivity contribution >= 4 is 23.9 Å². The van der Waals surface area contributed by atoms with Crippen LogP contribution in [0.1, 0.15) is 43.4 Å². The van der Waals surface area contributed by atoms with Gasteiger partial charge in [-0.15, -0.1) is 0 Å². The number of guanidine groups is 1. The Kier molecular flexibility index (Phi) is 6.41. The Labute approximate surface area is 158 Å². The number of hydrogen-bond donors (Lipinski definition) is 4. The van der Waals surface area contributed by atoms with Crippen LogP contribution in [0.2, 0.25) is 0 Å². The molecule has 144 valence electrons. The molecule has 0 fully saturated rings. The summed E-state index contributed by atoms with van der Waals surface area (Å²) in [5.74, 6) is 0.283. The monoisotopic (exact) mass is 380 g/mol. The molecule has 0 bridgehead atoms. The Bertz CT molecular complexity index is 719. The predicted octanol–water partition coefficient (Wildman–Crippen LogP) is 2.12. The largest absolute Gasteiger partial charge is 0.487 e. The van der Waals surface area contributed by atoms with Gasteiger partial charge < -0.3 is 21.3 Å². The van der Waals surface area contributed by atoms with E-state index in [1.807, 2.05) is 6.92 Å². The molecule has 2 rings (SSSR count). The van der Waals surface area contributed by atoms with Gasteiger partial charge in [0.05, 0.1) is 0 Å². The van der Waals surface area contributed by atoms with Crippen LogP contribution in [-0.4, -0.2) is 35.2 Å². The Balaban J connectivity index is 1.94. The standard InChI is InChI=1S/C18H28N4O3S/c1-10-8-14-12(9-18(3,4)25-14)11(2)15(10)26-22-17(20)21-7-5-6-13(19)16(23)24/h8,13H,5-7,9,19H2,1-4H3,(H,23,24)(H3,20,21,22). The number of carboxylic acids is 1. The van der Waals surface area contributed by atoms with Gasteiger partial charge in [0, 0.05) is 23.4 Å². The third kappa shape index (κ3) is 5.04. The highest BCUT2D eigenvalue weighted by Gasteiger charge is 2.32. The van der Waals surface area contributed by atoms with E-state index in [2.05, 4.69) is 36.6 Å². The first-order valence-electron chi connectivity index (χ1n) is 8.64. The van der Waals surface area contributed by atoms with Gasteiger partial charge in [0.25, 0.3) is 0 Å². The molecular weight excluding hydrogens is 352 g/mol. The maximum atomic E-state index is 10.7. The summed E-state index contributed by atoms with van der Waals surface area (Å²) in [5.41, 5.74) is 14.7. The van der Waals surface area contributed by atoms with Crippen LogP contribution in [0.5, 0.6) is 5.75 Å². The molecule has 1 aromatic rings. The first-order chi connectivity index (χ1) is 12.1. The van der Waals surface area contributed by atoms with Crippen molar-refractivity contribution < 1.29 is 14.6 Å². The van der Waals surface area contributed by atoms with Gasteiger partial charge in [-0.25, -0.2) is 0 Å². The average molecular weight is 381 g/mol. The number of fused-ring (bicyclic) bond motifs is 1. The van der Waals surface area contributed by atoms with Crippen LogP contribution in [0.15, 0.2) is 16.0 Å². The third-order valence-corrected chi connectivity index (χ3v) is 5.46. The van der Waals surface area contributed by atoms with Crippen LogP contribution in [0, 0.1) is 13.8 Å². The Hall–Kier alpha value is -1.93. The molecule has 0 amide bonds. The molecule has 1 heterocycles. The lowest BCUT2D eigenvalue weighted by atomic mass is 9.97. The van der Waals surface area contributed by atoms with E-state index >= 15 is 0 Å². The minimum Gasteiger partial charge on any atom is -0.487 e. The van der Waals surface area contributed by atoms with Gasteiger partial charge in [-0.1, -0.05) is 0 Å². The predicted molar refractivity (Wildman–Crippen MR) is 105 cm³/mol. The fourth-order valence-corrected chi connectivity index (χ4v) is 3.73. The van der Waals surface area contributed by atoms with Crippen molar-refractivity contribution in [2.24, 2.45) is 16.5 Å². The molecule has 26 heavy (non-hydrogen) atoms. The van der Waals surface area contributed by atoms with Crippen LogP contribution >= 0.6 is 11.9 Å². The minimum atomic E-state index is -0.995. The number of hydrogen-bond acceptors (Lipinski definition) is 5. The number of ether oxygens (including phenoxy) is 1. The molecule has 1 atom stereocenters. The summed E-state index contributed by atoms with van der Waals surface area (Å²) in [7, 11) is 0. The molecule has 0 aliphatic carbocycles. The summed E-state index contributed by atoms with van der Waals surface area (Å²) in [6, 6.07) is 1.22. The second-order valence-corrected chi connectivity index (χ2v) is 8.04. The summed E-state index contributed by atoms with van der Waals surface area (Å²) < 4.78 is 9.07. The fraction of sp³-hybridized carbons (Fsp3) is 0.556. The number of carbonyl (C=O) groups is 1. The first-order valence-corrected chi connectivity index (χ1v) is 9.45. The van der Waals surface area contributed by atoms with Gasteiger partial charge in [0.15, 0.2) is 5.96 Å². The van der Waals surface area contributed by atoms with E-state index in [1.165, 1.54) is 23.1 Å². The number of rotatable bonds is 7. The van der Waals surface area contributed by atoms with Crippen molar-refractivity contribution in [3.63, 3.8) is 0 Å². The Morgan fingerprint density at radius 2 is 2.19 bits per heavy atom. The molecule has 0 spiro atoms. The SMILES string of the molecule is Cc1cc2c(c(C)c1SNC(N)=NCCCC(N)C(=O)O)CC(C)(C)O2. The van der Waals surface area contributed by atoms with Crippen molar-refractivity contribution in [3.8, 4) is 5.75 Å². The molecule has 8 heteroatoms. The Morgan fingerprint density at radius 3 is 2.85 bits per heavy atom. The number of aryl methyl sites for hydroxylation is 1. The fourth-order valence-electron chi connectivity index (χ4n) is 2.96. The van der Waals surface area contributed by atoms with E-state index < -0.39 is 12.0 Å². The lowest BCUT2D eigenvalue weighted by Crippen LogP contribution is -2.30. The number of aliphatic imine (C=N–C) groups is 1. The smallest absolute Gasteiger partial charge is 0.320 e. The summed E-state index contributed by atoms with van der Waals surface area (Å²) in [4.78, 5) is 16.0. The topological polar surface area (TPSA) is 123 Å². The normalized spacial score (nSPS) is 16.7. The first kappa shape index (κ1) is 20.4. The molecule has 1 aromatic carbocycles. The molecule has 1 aliphatic heterocycles. The highest BCUT2D eigenvalue weighted by molar-refractivity contribution is 7.98. The summed E-state index contributed by atoms with van der Waals surface area (Å²) in [6.07, 6.45) is 1.83. The van der Waals surface area contributed by atoms with Gasteiger partial charge in [0.2, 0.25) is 0 Å². The van der Waals surface area contributed by atoms with Gasteiger partial charge in [0.1, 0.15) is 17.4 Å². The third-order valence-electron chi connectivity index (χ3n) is 4.32. The molecule has 0 saturated heterocycles. The second-order valence-electron chi connectivity index (χ2n) is 7.22. The zero-order chi connectivity index (χ0) is 19.5. The number of carboxylic acid groups (broad SMARTS) is 1. The number of nitrogens with two attached hydrogens (primary N) is 2. The minimum absolute atomic E-state index is 0.173. The molecule has 0 aromatic heterocycles.